The lowest BCUT2D eigenvalue weighted by Crippen LogP contribution is -2.41. The van der Waals surface area contributed by atoms with Crippen LogP contribution in [0.1, 0.15) is 10.4 Å². The molecular weight excluding hydrogens is 413 g/mol. The highest BCUT2D eigenvalue weighted by atomic mass is 32.2. The molecule has 0 unspecified atom stereocenters. The number of anilines is 1. The molecule has 0 aliphatic carbocycles. The number of amides is 1. The van der Waals surface area contributed by atoms with E-state index in [-0.39, 0.29) is 22.1 Å². The van der Waals surface area contributed by atoms with E-state index in [0.717, 1.165) is 24.3 Å². The Morgan fingerprint density at radius 1 is 1.03 bits per heavy atom. The van der Waals surface area contributed by atoms with E-state index in [4.69, 9.17) is 4.74 Å². The van der Waals surface area contributed by atoms with Crippen molar-refractivity contribution in [3.63, 3.8) is 0 Å². The normalized spacial score (nSPS) is 15.1. The maximum Gasteiger partial charge on any atom is 0.573 e. The molecule has 0 saturated carbocycles. The summed E-state index contributed by atoms with van der Waals surface area (Å²) in [6.45, 7) is 1.57. The predicted octanol–water partition coefficient (Wildman–Crippen LogP) is 2.86. The van der Waals surface area contributed by atoms with Gasteiger partial charge < -0.3 is 14.4 Å². The summed E-state index contributed by atoms with van der Waals surface area (Å²) in [6, 6.07) is 9.86. The molecule has 2 aromatic carbocycles. The standard InChI is InChI=1S/C18H17F3N2O5S/c19-18(20,21)28-13-5-7-14(8-6-13)29(25,26)22-16-4-2-1-3-15(16)17(24)23-9-11-27-12-10-23/h1-8,22H,9-12H2. The molecule has 0 aromatic heterocycles. The van der Waals surface area contributed by atoms with Gasteiger partial charge >= 0.3 is 6.36 Å². The van der Waals surface area contributed by atoms with Crippen LogP contribution in [0.4, 0.5) is 18.9 Å². The summed E-state index contributed by atoms with van der Waals surface area (Å²) < 4.78 is 73.2. The lowest BCUT2D eigenvalue weighted by molar-refractivity contribution is -0.274. The average Bonchev–Trinajstić information content (AvgIpc) is 2.67. The Morgan fingerprint density at radius 3 is 2.28 bits per heavy atom. The largest absolute Gasteiger partial charge is 0.573 e. The second kappa shape index (κ2) is 8.29. The minimum absolute atomic E-state index is 0.0691. The Morgan fingerprint density at radius 2 is 1.66 bits per heavy atom. The van der Waals surface area contributed by atoms with Gasteiger partial charge in [-0.2, -0.15) is 0 Å². The van der Waals surface area contributed by atoms with Crippen LogP contribution >= 0.6 is 0 Å². The molecule has 29 heavy (non-hydrogen) atoms. The maximum atomic E-state index is 12.7. The summed E-state index contributed by atoms with van der Waals surface area (Å²) in [4.78, 5) is 14.0. The van der Waals surface area contributed by atoms with Gasteiger partial charge in [0.1, 0.15) is 5.75 Å². The summed E-state index contributed by atoms with van der Waals surface area (Å²) in [6.07, 6.45) is -4.88. The third-order valence-electron chi connectivity index (χ3n) is 4.07. The quantitative estimate of drug-likeness (QED) is 0.789. The van der Waals surface area contributed by atoms with E-state index < -0.39 is 22.1 Å². The van der Waals surface area contributed by atoms with Crippen molar-refractivity contribution in [2.45, 2.75) is 11.3 Å². The molecule has 3 rings (SSSR count). The molecule has 7 nitrogen and oxygen atoms in total. The first kappa shape index (κ1) is 20.9. The summed E-state index contributed by atoms with van der Waals surface area (Å²) in [7, 11) is -4.14. The molecule has 0 bridgehead atoms. The molecular formula is C18H17F3N2O5S. The SMILES string of the molecule is O=C(c1ccccc1NS(=O)(=O)c1ccc(OC(F)(F)F)cc1)N1CCOCC1. The number of carbonyl (C=O) groups excluding carboxylic acids is 1. The van der Waals surface area contributed by atoms with E-state index in [2.05, 4.69) is 9.46 Å². The zero-order valence-electron chi connectivity index (χ0n) is 15.0. The number of alkyl halides is 3. The summed E-state index contributed by atoms with van der Waals surface area (Å²) >= 11 is 0. The zero-order chi connectivity index (χ0) is 21.1. The Hall–Kier alpha value is -2.79. The first-order valence-electron chi connectivity index (χ1n) is 8.50. The summed E-state index contributed by atoms with van der Waals surface area (Å²) in [5.74, 6) is -0.889. The van der Waals surface area contributed by atoms with E-state index in [9.17, 15) is 26.4 Å². The van der Waals surface area contributed by atoms with Gasteiger partial charge in [0.2, 0.25) is 0 Å². The van der Waals surface area contributed by atoms with E-state index in [1.54, 1.807) is 17.0 Å². The van der Waals surface area contributed by atoms with Crippen LogP contribution in [-0.2, 0) is 14.8 Å². The Bertz CT molecular complexity index is 972. The number of benzene rings is 2. The number of halogens is 3. The highest BCUT2D eigenvalue weighted by molar-refractivity contribution is 7.92. The van der Waals surface area contributed by atoms with Crippen molar-refractivity contribution in [3.8, 4) is 5.75 Å². The number of para-hydroxylation sites is 1. The van der Waals surface area contributed by atoms with Gasteiger partial charge in [-0.3, -0.25) is 9.52 Å². The van der Waals surface area contributed by atoms with Gasteiger partial charge in [-0.25, -0.2) is 8.42 Å². The van der Waals surface area contributed by atoms with Crippen LogP contribution in [0, 0.1) is 0 Å². The van der Waals surface area contributed by atoms with Gasteiger partial charge in [-0.1, -0.05) is 12.1 Å². The zero-order valence-corrected chi connectivity index (χ0v) is 15.8. The number of hydrogen-bond donors (Lipinski definition) is 1. The molecule has 1 aliphatic rings. The fourth-order valence-electron chi connectivity index (χ4n) is 2.72. The molecule has 11 heteroatoms. The molecule has 1 N–H and O–H groups in total. The lowest BCUT2D eigenvalue weighted by Gasteiger charge is -2.27. The van der Waals surface area contributed by atoms with Crippen LogP contribution in [-0.4, -0.2) is 51.9 Å². The summed E-state index contributed by atoms with van der Waals surface area (Å²) in [5, 5.41) is 0. The van der Waals surface area contributed by atoms with Crippen LogP contribution in [0.5, 0.6) is 5.75 Å². The molecule has 0 radical (unpaired) electrons. The molecule has 2 aromatic rings. The van der Waals surface area contributed by atoms with Crippen molar-refractivity contribution in [1.82, 2.24) is 4.90 Å². The minimum atomic E-state index is -4.88. The minimum Gasteiger partial charge on any atom is -0.406 e. The molecule has 0 atom stereocenters. The number of hydrogen-bond acceptors (Lipinski definition) is 5. The fourth-order valence-corrected chi connectivity index (χ4v) is 3.80. The van der Waals surface area contributed by atoms with Gasteiger partial charge in [0.25, 0.3) is 15.9 Å². The molecule has 1 aliphatic heterocycles. The Labute approximate surface area is 165 Å². The number of morpholine rings is 1. The van der Waals surface area contributed by atoms with Crippen molar-refractivity contribution in [2.75, 3.05) is 31.0 Å². The monoisotopic (exact) mass is 430 g/mol. The van der Waals surface area contributed by atoms with Crippen molar-refractivity contribution >= 4 is 21.6 Å². The van der Waals surface area contributed by atoms with Gasteiger partial charge in [-0.05, 0) is 36.4 Å². The number of rotatable bonds is 5. The van der Waals surface area contributed by atoms with Crippen LogP contribution in [0.2, 0.25) is 0 Å². The van der Waals surface area contributed by atoms with Gasteiger partial charge in [0.15, 0.2) is 0 Å². The number of nitrogens with zero attached hydrogens (tertiary/aromatic N) is 1. The smallest absolute Gasteiger partial charge is 0.406 e. The lowest BCUT2D eigenvalue weighted by atomic mass is 10.1. The van der Waals surface area contributed by atoms with E-state index in [0.29, 0.717) is 26.3 Å². The maximum absolute atomic E-state index is 12.7. The van der Waals surface area contributed by atoms with Crippen LogP contribution in [0.25, 0.3) is 0 Å². The van der Waals surface area contributed by atoms with Crippen LogP contribution in [0.15, 0.2) is 53.4 Å². The van der Waals surface area contributed by atoms with E-state index in [1.165, 1.54) is 12.1 Å². The van der Waals surface area contributed by atoms with Crippen LogP contribution in [0.3, 0.4) is 0 Å². The Kier molecular flexibility index (Phi) is 5.99. The fraction of sp³-hybridized carbons (Fsp3) is 0.278. The van der Waals surface area contributed by atoms with Crippen molar-refractivity contribution in [1.29, 1.82) is 0 Å². The second-order valence-corrected chi connectivity index (χ2v) is 7.76. The third-order valence-corrected chi connectivity index (χ3v) is 5.45. The van der Waals surface area contributed by atoms with Gasteiger partial charge in [0.05, 0.1) is 29.4 Å². The highest BCUT2D eigenvalue weighted by Crippen LogP contribution is 2.26. The topological polar surface area (TPSA) is 84.9 Å². The summed E-state index contributed by atoms with van der Waals surface area (Å²) in [5.41, 5.74) is 0.231. The molecule has 156 valence electrons. The molecule has 1 heterocycles. The third kappa shape index (κ3) is 5.39. The van der Waals surface area contributed by atoms with Gasteiger partial charge in [0, 0.05) is 13.1 Å². The highest BCUT2D eigenvalue weighted by Gasteiger charge is 2.31. The number of nitrogens with one attached hydrogen (secondary N) is 1. The van der Waals surface area contributed by atoms with E-state index in [1.807, 2.05) is 0 Å². The molecule has 1 fully saturated rings. The predicted molar refractivity (Wildman–Crippen MR) is 97.1 cm³/mol. The second-order valence-electron chi connectivity index (χ2n) is 6.07. The van der Waals surface area contributed by atoms with Crippen LogP contribution < -0.4 is 9.46 Å². The first-order valence-corrected chi connectivity index (χ1v) is 9.99. The van der Waals surface area contributed by atoms with Crippen molar-refractivity contribution in [2.24, 2.45) is 0 Å². The molecule has 1 saturated heterocycles. The number of ether oxygens (including phenoxy) is 2. The first-order chi connectivity index (χ1) is 13.7. The van der Waals surface area contributed by atoms with Gasteiger partial charge in [-0.15, -0.1) is 13.2 Å². The Balaban J connectivity index is 1.81. The van der Waals surface area contributed by atoms with E-state index >= 15 is 0 Å². The molecule has 1 amide bonds. The van der Waals surface area contributed by atoms with Crippen molar-refractivity contribution in [3.05, 3.63) is 54.1 Å². The number of carbonyl (C=O) groups is 1. The average molecular weight is 430 g/mol. The van der Waals surface area contributed by atoms with Crippen molar-refractivity contribution < 1.29 is 35.9 Å². The molecule has 0 spiro atoms. The number of sulfonamides is 1.